The van der Waals surface area contributed by atoms with Gasteiger partial charge in [0.2, 0.25) is 5.91 Å². The molecule has 1 saturated heterocycles. The summed E-state index contributed by atoms with van der Waals surface area (Å²) < 4.78 is 0. The van der Waals surface area contributed by atoms with Crippen molar-refractivity contribution in [1.82, 2.24) is 15.5 Å². The third kappa shape index (κ3) is 4.94. The maximum Gasteiger partial charge on any atom is 0.237 e. The van der Waals surface area contributed by atoms with Gasteiger partial charge in [-0.25, -0.2) is 0 Å². The minimum atomic E-state index is -0.0846. The summed E-state index contributed by atoms with van der Waals surface area (Å²) in [5.74, 6) is 0.142. The van der Waals surface area contributed by atoms with Crippen molar-refractivity contribution in [3.8, 4) is 0 Å². The zero-order valence-electron chi connectivity index (χ0n) is 17.5. The molecule has 2 N–H and O–H groups in total. The number of halogens is 1. The van der Waals surface area contributed by atoms with Crippen LogP contribution in [0, 0.1) is 0 Å². The minimum absolute atomic E-state index is 0.0846. The molecular formula is C25H30ClN3O. The van der Waals surface area contributed by atoms with Crippen LogP contribution in [0.4, 0.5) is 0 Å². The Balaban J connectivity index is 1.41. The molecule has 2 atom stereocenters. The fourth-order valence-electron chi connectivity index (χ4n) is 4.76. The van der Waals surface area contributed by atoms with Crippen LogP contribution < -0.4 is 10.6 Å². The lowest BCUT2D eigenvalue weighted by atomic mass is 10.1. The van der Waals surface area contributed by atoms with Gasteiger partial charge in [-0.3, -0.25) is 9.69 Å². The number of carbonyl (C=O) groups is 1. The minimum Gasteiger partial charge on any atom is -0.355 e. The number of nitrogens with one attached hydrogen (secondary N) is 2. The van der Waals surface area contributed by atoms with E-state index in [2.05, 4.69) is 39.8 Å². The molecule has 0 radical (unpaired) electrons. The summed E-state index contributed by atoms with van der Waals surface area (Å²) in [7, 11) is 0. The molecule has 1 heterocycles. The first kappa shape index (κ1) is 21.1. The Hall–Kier alpha value is -2.14. The smallest absolute Gasteiger partial charge is 0.237 e. The highest BCUT2D eigenvalue weighted by molar-refractivity contribution is 6.31. The standard InChI is InChI=1S/C25H30ClN3O/c1-2-27-25(30)24-15-22(28-16-21(26)12-18-8-4-3-5-9-18)17-29(24)23-13-19-10-6-7-11-20(19)14-23/h3-12,22-24,28H,2,13-17H2,1H3,(H,27,30)/b21-12-/t22-,24+/m1/s1. The molecule has 1 amide bonds. The quantitative estimate of drug-likeness (QED) is 0.715. The van der Waals surface area contributed by atoms with E-state index < -0.39 is 0 Å². The lowest BCUT2D eigenvalue weighted by Crippen LogP contribution is -2.48. The molecule has 4 nitrogen and oxygen atoms in total. The number of likely N-dealkylation sites (N-methyl/N-ethyl adjacent to an activating group) is 1. The SMILES string of the molecule is CCNC(=O)[C@@H]1C[C@@H](NC/C(Cl)=C/c2ccccc2)CN1C1Cc2ccccc2C1. The number of hydrogen-bond donors (Lipinski definition) is 2. The summed E-state index contributed by atoms with van der Waals surface area (Å²) in [5, 5.41) is 7.40. The number of carbonyl (C=O) groups excluding carboxylic acids is 1. The summed E-state index contributed by atoms with van der Waals surface area (Å²) in [6.07, 6.45) is 4.85. The predicted molar refractivity (Wildman–Crippen MR) is 123 cm³/mol. The molecule has 1 fully saturated rings. The van der Waals surface area contributed by atoms with Crippen molar-refractivity contribution in [1.29, 1.82) is 0 Å². The molecule has 1 aliphatic carbocycles. The molecule has 5 heteroatoms. The van der Waals surface area contributed by atoms with Crippen molar-refractivity contribution in [3.63, 3.8) is 0 Å². The van der Waals surface area contributed by atoms with E-state index >= 15 is 0 Å². The number of benzene rings is 2. The maximum atomic E-state index is 12.8. The Morgan fingerprint density at radius 3 is 2.43 bits per heavy atom. The Morgan fingerprint density at radius 2 is 1.77 bits per heavy atom. The summed E-state index contributed by atoms with van der Waals surface area (Å²) >= 11 is 6.47. The summed E-state index contributed by atoms with van der Waals surface area (Å²) in [6, 6.07) is 19.3. The third-order valence-electron chi connectivity index (χ3n) is 6.17. The second kappa shape index (κ2) is 9.78. The van der Waals surface area contributed by atoms with Crippen molar-refractivity contribution in [2.24, 2.45) is 0 Å². The lowest BCUT2D eigenvalue weighted by molar-refractivity contribution is -0.126. The van der Waals surface area contributed by atoms with E-state index in [-0.39, 0.29) is 18.0 Å². The molecule has 0 aromatic heterocycles. The van der Waals surface area contributed by atoms with E-state index in [1.165, 1.54) is 11.1 Å². The number of hydrogen-bond acceptors (Lipinski definition) is 3. The van der Waals surface area contributed by atoms with Crippen molar-refractivity contribution in [2.75, 3.05) is 19.6 Å². The molecule has 2 aromatic rings. The van der Waals surface area contributed by atoms with Crippen LogP contribution in [0.5, 0.6) is 0 Å². The average Bonchev–Trinajstić information content (AvgIpc) is 3.37. The molecule has 2 aromatic carbocycles. The fourth-order valence-corrected chi connectivity index (χ4v) is 4.96. The average molecular weight is 424 g/mol. The first-order chi connectivity index (χ1) is 14.6. The number of rotatable bonds is 7. The van der Waals surface area contributed by atoms with Crippen LogP contribution in [-0.4, -0.2) is 48.6 Å². The van der Waals surface area contributed by atoms with Crippen LogP contribution >= 0.6 is 11.6 Å². The van der Waals surface area contributed by atoms with Gasteiger partial charge in [-0.15, -0.1) is 0 Å². The molecular weight excluding hydrogens is 394 g/mol. The summed E-state index contributed by atoms with van der Waals surface area (Å²) in [6.45, 7) is 4.13. The molecule has 0 saturated carbocycles. The van der Waals surface area contributed by atoms with Gasteiger partial charge in [-0.05, 0) is 49.0 Å². The molecule has 158 valence electrons. The van der Waals surface area contributed by atoms with E-state index in [4.69, 9.17) is 11.6 Å². The van der Waals surface area contributed by atoms with Crippen LogP contribution in [0.1, 0.15) is 30.0 Å². The molecule has 30 heavy (non-hydrogen) atoms. The van der Waals surface area contributed by atoms with E-state index in [0.29, 0.717) is 19.1 Å². The normalized spacial score (nSPS) is 22.3. The van der Waals surface area contributed by atoms with E-state index in [9.17, 15) is 4.79 Å². The highest BCUT2D eigenvalue weighted by atomic mass is 35.5. The Kier molecular flexibility index (Phi) is 6.88. The van der Waals surface area contributed by atoms with Gasteiger partial charge in [0.25, 0.3) is 0 Å². The van der Waals surface area contributed by atoms with Crippen molar-refractivity contribution >= 4 is 23.6 Å². The fraction of sp³-hybridized carbons (Fsp3) is 0.400. The molecule has 0 unspecified atom stereocenters. The van der Waals surface area contributed by atoms with Gasteiger partial charge in [-0.1, -0.05) is 66.2 Å². The largest absolute Gasteiger partial charge is 0.355 e. The van der Waals surface area contributed by atoms with Gasteiger partial charge in [0.15, 0.2) is 0 Å². The van der Waals surface area contributed by atoms with Gasteiger partial charge < -0.3 is 10.6 Å². The first-order valence-corrected chi connectivity index (χ1v) is 11.3. The Labute approximate surface area is 184 Å². The first-order valence-electron chi connectivity index (χ1n) is 10.9. The molecule has 0 spiro atoms. The third-order valence-corrected chi connectivity index (χ3v) is 6.42. The monoisotopic (exact) mass is 423 g/mol. The van der Waals surface area contributed by atoms with Crippen LogP contribution in [0.25, 0.3) is 6.08 Å². The lowest BCUT2D eigenvalue weighted by Gasteiger charge is -2.29. The van der Waals surface area contributed by atoms with Crippen LogP contribution in [0.3, 0.4) is 0 Å². The number of fused-ring (bicyclic) bond motifs is 1. The van der Waals surface area contributed by atoms with Crippen LogP contribution in [-0.2, 0) is 17.6 Å². The van der Waals surface area contributed by atoms with E-state index in [1.54, 1.807) is 0 Å². The van der Waals surface area contributed by atoms with Crippen molar-refractivity contribution in [3.05, 3.63) is 76.3 Å². The predicted octanol–water partition coefficient (Wildman–Crippen LogP) is 3.60. The van der Waals surface area contributed by atoms with E-state index in [1.807, 2.05) is 43.3 Å². The maximum absolute atomic E-state index is 12.8. The van der Waals surface area contributed by atoms with Crippen LogP contribution in [0.2, 0.25) is 0 Å². The van der Waals surface area contributed by atoms with E-state index in [0.717, 1.165) is 36.4 Å². The second-order valence-electron chi connectivity index (χ2n) is 8.25. The number of amides is 1. The van der Waals surface area contributed by atoms with Crippen molar-refractivity contribution in [2.45, 2.75) is 44.3 Å². The summed E-state index contributed by atoms with van der Waals surface area (Å²) in [4.78, 5) is 15.2. The topological polar surface area (TPSA) is 44.4 Å². The van der Waals surface area contributed by atoms with Crippen molar-refractivity contribution < 1.29 is 4.79 Å². The Bertz CT molecular complexity index is 873. The van der Waals surface area contributed by atoms with Crippen LogP contribution in [0.15, 0.2) is 59.6 Å². The molecule has 0 bridgehead atoms. The number of likely N-dealkylation sites (tertiary alicyclic amines) is 1. The van der Waals surface area contributed by atoms with Gasteiger partial charge in [0, 0.05) is 36.8 Å². The number of nitrogens with zero attached hydrogens (tertiary/aromatic N) is 1. The molecule has 2 aliphatic rings. The van der Waals surface area contributed by atoms with Gasteiger partial charge >= 0.3 is 0 Å². The highest BCUT2D eigenvalue weighted by Crippen LogP contribution is 2.31. The molecule has 1 aliphatic heterocycles. The summed E-state index contributed by atoms with van der Waals surface area (Å²) in [5.41, 5.74) is 3.94. The second-order valence-corrected chi connectivity index (χ2v) is 8.74. The highest BCUT2D eigenvalue weighted by Gasteiger charge is 2.41. The zero-order valence-corrected chi connectivity index (χ0v) is 18.2. The Morgan fingerprint density at radius 1 is 1.10 bits per heavy atom. The van der Waals surface area contributed by atoms with Gasteiger partial charge in [-0.2, -0.15) is 0 Å². The zero-order chi connectivity index (χ0) is 20.9. The molecule has 4 rings (SSSR count). The van der Waals surface area contributed by atoms with Gasteiger partial charge in [0.05, 0.1) is 6.04 Å². The van der Waals surface area contributed by atoms with Gasteiger partial charge in [0.1, 0.15) is 0 Å².